The Morgan fingerprint density at radius 3 is 2.78 bits per heavy atom. The molecule has 23 heavy (non-hydrogen) atoms. The van der Waals surface area contributed by atoms with Crippen LogP contribution in [-0.2, 0) is 12.8 Å². The van der Waals surface area contributed by atoms with Gasteiger partial charge in [0.15, 0.2) is 0 Å². The van der Waals surface area contributed by atoms with Crippen LogP contribution in [0.25, 0.3) is 5.57 Å². The summed E-state index contributed by atoms with van der Waals surface area (Å²) in [7, 11) is 1.95. The summed E-state index contributed by atoms with van der Waals surface area (Å²) in [6, 6.07) is 10.4. The highest BCUT2D eigenvalue weighted by Gasteiger charge is 2.29. The van der Waals surface area contributed by atoms with E-state index in [0.717, 1.165) is 30.9 Å². The standard InChI is InChI=1S/C20H21N3/c1-13-8-9-16-15(10-13)12-17-19(16)20(21-2)23-18(22-17)11-14-6-4-3-5-7-14/h3-7,9-10,13H,8,11-12H2,1-2H3,(H,21,22,23). The van der Waals surface area contributed by atoms with Gasteiger partial charge in [-0.25, -0.2) is 9.97 Å². The molecule has 0 aliphatic heterocycles. The van der Waals surface area contributed by atoms with Crippen LogP contribution in [0.3, 0.4) is 0 Å². The third kappa shape index (κ3) is 2.56. The lowest BCUT2D eigenvalue weighted by Crippen LogP contribution is -2.06. The molecular weight excluding hydrogens is 282 g/mol. The van der Waals surface area contributed by atoms with Crippen LogP contribution >= 0.6 is 0 Å². The minimum absolute atomic E-state index is 0.623. The van der Waals surface area contributed by atoms with Gasteiger partial charge in [-0.3, -0.25) is 0 Å². The molecule has 0 spiro atoms. The Kier molecular flexibility index (Phi) is 3.49. The van der Waals surface area contributed by atoms with E-state index in [2.05, 4.69) is 48.7 Å². The highest BCUT2D eigenvalue weighted by Crippen LogP contribution is 2.42. The first-order chi connectivity index (χ1) is 11.2. The fourth-order valence-corrected chi connectivity index (χ4v) is 3.54. The van der Waals surface area contributed by atoms with Crippen molar-refractivity contribution >= 4 is 11.4 Å². The zero-order chi connectivity index (χ0) is 15.8. The van der Waals surface area contributed by atoms with Crippen LogP contribution in [0.15, 0.2) is 48.1 Å². The Morgan fingerprint density at radius 2 is 2.00 bits per heavy atom. The molecule has 0 saturated carbocycles. The molecule has 4 rings (SSSR count). The number of allylic oxidation sites excluding steroid dienone is 4. The second-order valence-electron chi connectivity index (χ2n) is 6.42. The van der Waals surface area contributed by atoms with E-state index in [0.29, 0.717) is 5.92 Å². The molecule has 116 valence electrons. The van der Waals surface area contributed by atoms with Gasteiger partial charge in [-0.05, 0) is 29.0 Å². The largest absolute Gasteiger partial charge is 0.373 e. The van der Waals surface area contributed by atoms with E-state index in [-0.39, 0.29) is 0 Å². The fraction of sp³-hybridized carbons (Fsp3) is 0.300. The number of rotatable bonds is 3. The van der Waals surface area contributed by atoms with E-state index in [1.807, 2.05) is 13.1 Å². The normalized spacial score (nSPS) is 18.8. The molecular formula is C20H21N3. The number of nitrogens with zero attached hydrogens (tertiary/aromatic N) is 2. The minimum Gasteiger partial charge on any atom is -0.373 e. The lowest BCUT2D eigenvalue weighted by atomic mass is 9.92. The number of anilines is 1. The monoisotopic (exact) mass is 303 g/mol. The van der Waals surface area contributed by atoms with Crippen LogP contribution in [0.4, 0.5) is 5.82 Å². The zero-order valence-corrected chi connectivity index (χ0v) is 13.6. The van der Waals surface area contributed by atoms with Crippen molar-refractivity contribution in [1.29, 1.82) is 0 Å². The summed E-state index contributed by atoms with van der Waals surface area (Å²) < 4.78 is 0. The van der Waals surface area contributed by atoms with Gasteiger partial charge in [-0.2, -0.15) is 0 Å². The maximum atomic E-state index is 4.87. The lowest BCUT2D eigenvalue weighted by molar-refractivity contribution is 0.731. The summed E-state index contributed by atoms with van der Waals surface area (Å²) in [4.78, 5) is 9.65. The first-order valence-corrected chi connectivity index (χ1v) is 8.27. The highest BCUT2D eigenvalue weighted by atomic mass is 15.0. The third-order valence-corrected chi connectivity index (χ3v) is 4.62. The molecule has 0 amide bonds. The van der Waals surface area contributed by atoms with Gasteiger partial charge in [0.2, 0.25) is 0 Å². The Labute approximate surface area is 137 Å². The second-order valence-corrected chi connectivity index (χ2v) is 6.42. The molecule has 0 saturated heterocycles. The molecule has 0 bridgehead atoms. The highest BCUT2D eigenvalue weighted by molar-refractivity contribution is 5.90. The van der Waals surface area contributed by atoms with E-state index < -0.39 is 0 Å². The Balaban J connectivity index is 1.75. The number of aromatic nitrogens is 2. The van der Waals surface area contributed by atoms with Crippen molar-refractivity contribution in [2.24, 2.45) is 5.92 Å². The zero-order valence-electron chi connectivity index (χ0n) is 13.6. The summed E-state index contributed by atoms with van der Waals surface area (Å²) in [6.07, 6.45) is 7.56. The first-order valence-electron chi connectivity index (χ1n) is 8.27. The molecule has 1 atom stereocenters. The number of benzene rings is 1. The van der Waals surface area contributed by atoms with Crippen molar-refractivity contribution in [3.63, 3.8) is 0 Å². The van der Waals surface area contributed by atoms with Crippen molar-refractivity contribution < 1.29 is 0 Å². The maximum absolute atomic E-state index is 4.87. The number of nitrogens with one attached hydrogen (secondary N) is 1. The molecule has 2 aliphatic carbocycles. The third-order valence-electron chi connectivity index (χ3n) is 4.62. The SMILES string of the molecule is CNc1nc(Cc2ccccc2)nc2c1C1=CCC(C)C=C1C2. The van der Waals surface area contributed by atoms with Crippen LogP contribution in [-0.4, -0.2) is 17.0 Å². The van der Waals surface area contributed by atoms with Crippen molar-refractivity contribution in [3.05, 3.63) is 70.7 Å². The molecule has 0 fully saturated rings. The van der Waals surface area contributed by atoms with Gasteiger partial charge < -0.3 is 5.32 Å². The van der Waals surface area contributed by atoms with Crippen LogP contribution < -0.4 is 5.32 Å². The van der Waals surface area contributed by atoms with Crippen molar-refractivity contribution in [2.75, 3.05) is 12.4 Å². The molecule has 3 heteroatoms. The van der Waals surface area contributed by atoms with Gasteiger partial charge in [0.05, 0.1) is 5.69 Å². The van der Waals surface area contributed by atoms with Gasteiger partial charge in [0.1, 0.15) is 11.6 Å². The van der Waals surface area contributed by atoms with E-state index >= 15 is 0 Å². The molecule has 2 aromatic rings. The van der Waals surface area contributed by atoms with E-state index in [1.54, 1.807) is 0 Å². The summed E-state index contributed by atoms with van der Waals surface area (Å²) >= 11 is 0. The Morgan fingerprint density at radius 1 is 1.17 bits per heavy atom. The van der Waals surface area contributed by atoms with Gasteiger partial charge in [0, 0.05) is 25.5 Å². The molecule has 1 N–H and O–H groups in total. The van der Waals surface area contributed by atoms with Gasteiger partial charge in [0.25, 0.3) is 0 Å². The summed E-state index contributed by atoms with van der Waals surface area (Å²) in [5, 5.41) is 3.28. The average molecular weight is 303 g/mol. The molecule has 3 nitrogen and oxygen atoms in total. The smallest absolute Gasteiger partial charge is 0.137 e. The maximum Gasteiger partial charge on any atom is 0.137 e. The topological polar surface area (TPSA) is 37.8 Å². The summed E-state index contributed by atoms with van der Waals surface area (Å²) in [5.74, 6) is 2.48. The lowest BCUT2D eigenvalue weighted by Gasteiger charge is -2.15. The molecule has 2 aliphatic rings. The van der Waals surface area contributed by atoms with Crippen molar-refractivity contribution in [3.8, 4) is 0 Å². The molecule has 0 radical (unpaired) electrons. The van der Waals surface area contributed by atoms with Crippen LogP contribution in [0.1, 0.15) is 36.0 Å². The summed E-state index contributed by atoms with van der Waals surface area (Å²) in [6.45, 7) is 2.27. The second kappa shape index (κ2) is 5.65. The Bertz CT molecular complexity index is 803. The van der Waals surface area contributed by atoms with Crippen LogP contribution in [0.5, 0.6) is 0 Å². The molecule has 1 unspecified atom stereocenters. The van der Waals surface area contributed by atoms with E-state index in [9.17, 15) is 0 Å². The van der Waals surface area contributed by atoms with Gasteiger partial charge in [-0.1, -0.05) is 49.4 Å². The van der Waals surface area contributed by atoms with Gasteiger partial charge in [-0.15, -0.1) is 0 Å². The fourth-order valence-electron chi connectivity index (χ4n) is 3.54. The summed E-state index contributed by atoms with van der Waals surface area (Å²) in [5.41, 5.74) is 6.39. The van der Waals surface area contributed by atoms with Crippen LogP contribution in [0, 0.1) is 5.92 Å². The molecule has 1 aromatic heterocycles. The van der Waals surface area contributed by atoms with Crippen LogP contribution in [0.2, 0.25) is 0 Å². The average Bonchev–Trinajstić information content (AvgIpc) is 2.92. The van der Waals surface area contributed by atoms with E-state index in [4.69, 9.17) is 9.97 Å². The predicted octanol–water partition coefficient (Wildman–Crippen LogP) is 4.01. The van der Waals surface area contributed by atoms with Crippen molar-refractivity contribution in [2.45, 2.75) is 26.2 Å². The number of fused-ring (bicyclic) bond motifs is 3. The number of hydrogen-bond acceptors (Lipinski definition) is 3. The molecule has 1 aromatic carbocycles. The van der Waals surface area contributed by atoms with E-state index in [1.165, 1.54) is 28.0 Å². The molecule has 1 heterocycles. The quantitative estimate of drug-likeness (QED) is 0.931. The minimum atomic E-state index is 0.623. The van der Waals surface area contributed by atoms with Crippen molar-refractivity contribution in [1.82, 2.24) is 9.97 Å². The Hall–Kier alpha value is -2.42. The first kappa shape index (κ1) is 14.2. The predicted molar refractivity (Wildman–Crippen MR) is 94.4 cm³/mol. The van der Waals surface area contributed by atoms with Gasteiger partial charge >= 0.3 is 0 Å². The number of hydrogen-bond donors (Lipinski definition) is 1.